The third kappa shape index (κ3) is 5.18. The van der Waals surface area contributed by atoms with E-state index in [0.717, 1.165) is 49.7 Å². The minimum Gasteiger partial charge on any atom is -0.484 e. The van der Waals surface area contributed by atoms with Crippen molar-refractivity contribution in [1.29, 1.82) is 0 Å². The van der Waals surface area contributed by atoms with Crippen LogP contribution in [0.4, 0.5) is 11.4 Å². The Hall–Kier alpha value is -2.24. The predicted molar refractivity (Wildman–Crippen MR) is 115 cm³/mol. The third-order valence-electron chi connectivity index (χ3n) is 5.39. The van der Waals surface area contributed by atoms with Crippen molar-refractivity contribution >= 4 is 28.9 Å². The van der Waals surface area contributed by atoms with E-state index in [1.54, 1.807) is 4.90 Å². The molecule has 0 spiro atoms. The zero-order valence-electron chi connectivity index (χ0n) is 16.8. The van der Waals surface area contributed by atoms with E-state index < -0.39 is 0 Å². The van der Waals surface area contributed by atoms with Gasteiger partial charge in [-0.2, -0.15) is 0 Å². The molecule has 1 aliphatic heterocycles. The lowest BCUT2D eigenvalue weighted by Gasteiger charge is -2.34. The molecule has 2 N–H and O–H groups in total. The van der Waals surface area contributed by atoms with Gasteiger partial charge in [-0.05, 0) is 62.2 Å². The molecule has 1 amide bonds. The van der Waals surface area contributed by atoms with Crippen molar-refractivity contribution in [1.82, 2.24) is 0 Å². The second-order valence-corrected chi connectivity index (χ2v) is 7.77. The average Bonchev–Trinajstić information content (AvgIpc) is 2.69. The van der Waals surface area contributed by atoms with Gasteiger partial charge in [-0.3, -0.25) is 4.79 Å². The lowest BCUT2D eigenvalue weighted by atomic mass is 10.1. The molecule has 1 saturated heterocycles. The molecule has 2 aromatic rings. The summed E-state index contributed by atoms with van der Waals surface area (Å²) >= 11 is 6.18. The summed E-state index contributed by atoms with van der Waals surface area (Å²) in [6, 6.07) is 11.5. The lowest BCUT2D eigenvalue weighted by molar-refractivity contribution is -0.898. The molecule has 5 nitrogen and oxygen atoms in total. The maximum Gasteiger partial charge on any atom is 0.262 e. The van der Waals surface area contributed by atoms with E-state index in [9.17, 15) is 4.79 Å². The summed E-state index contributed by atoms with van der Waals surface area (Å²) in [6.45, 7) is 11.5. The van der Waals surface area contributed by atoms with Gasteiger partial charge in [-0.1, -0.05) is 17.7 Å². The van der Waals surface area contributed by atoms with E-state index in [2.05, 4.69) is 17.1 Å². The second kappa shape index (κ2) is 9.30. The molecule has 0 radical (unpaired) electrons. The maximum atomic E-state index is 12.5. The fourth-order valence-corrected chi connectivity index (χ4v) is 3.61. The Labute approximate surface area is 172 Å². The topological polar surface area (TPSA) is 46.0 Å². The van der Waals surface area contributed by atoms with Crippen LogP contribution in [0, 0.1) is 13.8 Å². The summed E-state index contributed by atoms with van der Waals surface area (Å²) < 4.78 is 5.66. The van der Waals surface area contributed by atoms with Gasteiger partial charge >= 0.3 is 0 Å². The number of nitrogens with zero attached hydrogens (tertiary/aromatic N) is 1. The summed E-state index contributed by atoms with van der Waals surface area (Å²) in [6.07, 6.45) is 0. The van der Waals surface area contributed by atoms with Crippen LogP contribution in [0.25, 0.3) is 0 Å². The van der Waals surface area contributed by atoms with E-state index in [1.165, 1.54) is 5.56 Å². The van der Waals surface area contributed by atoms with Crippen LogP contribution in [0.2, 0.25) is 5.02 Å². The molecule has 28 heavy (non-hydrogen) atoms. The Bertz CT molecular complexity index is 833. The number of amides is 1. The molecule has 2 aromatic carbocycles. The number of ether oxygens (including phenoxy) is 1. The normalized spacial score (nSPS) is 14.8. The highest BCUT2D eigenvalue weighted by Crippen LogP contribution is 2.29. The molecule has 6 heteroatoms. The van der Waals surface area contributed by atoms with Gasteiger partial charge in [-0.15, -0.1) is 0 Å². The summed E-state index contributed by atoms with van der Waals surface area (Å²) in [5.74, 6) is 0.503. The number of likely N-dealkylation sites (N-methyl/N-ethyl adjacent to an activating group) is 1. The van der Waals surface area contributed by atoms with Gasteiger partial charge in [0.1, 0.15) is 5.75 Å². The van der Waals surface area contributed by atoms with Crippen molar-refractivity contribution < 1.29 is 14.4 Å². The highest BCUT2D eigenvalue weighted by Gasteiger charge is 2.21. The molecule has 0 bridgehead atoms. The first kappa shape index (κ1) is 20.5. The smallest absolute Gasteiger partial charge is 0.262 e. The molecular weight excluding hydrogens is 374 g/mol. The molecular formula is C22H29ClN3O2+. The number of benzene rings is 2. The SMILES string of the molecule is CC[NH+]1CCN(c2ccc(Cl)cc2NC(=O)COc2ccc(C)c(C)c2)CC1. The van der Waals surface area contributed by atoms with Gasteiger partial charge in [-0.25, -0.2) is 0 Å². The molecule has 0 unspecified atom stereocenters. The number of hydrogen-bond acceptors (Lipinski definition) is 3. The van der Waals surface area contributed by atoms with E-state index in [0.29, 0.717) is 10.8 Å². The summed E-state index contributed by atoms with van der Waals surface area (Å²) in [7, 11) is 0. The number of rotatable bonds is 6. The quantitative estimate of drug-likeness (QED) is 0.781. The first-order valence-electron chi connectivity index (χ1n) is 9.84. The summed E-state index contributed by atoms with van der Waals surface area (Å²) in [5.41, 5.74) is 4.09. The van der Waals surface area contributed by atoms with E-state index in [4.69, 9.17) is 16.3 Å². The molecule has 0 aromatic heterocycles. The zero-order valence-corrected chi connectivity index (χ0v) is 17.6. The molecule has 150 valence electrons. The molecule has 0 aliphatic carbocycles. The molecule has 3 rings (SSSR count). The van der Waals surface area contributed by atoms with Crippen LogP contribution in [0.1, 0.15) is 18.1 Å². The Kier molecular flexibility index (Phi) is 6.81. The van der Waals surface area contributed by atoms with Crippen LogP contribution in [0.5, 0.6) is 5.75 Å². The predicted octanol–water partition coefficient (Wildman–Crippen LogP) is 2.70. The standard InChI is InChI=1S/C22H28ClN3O2/c1-4-25-9-11-26(12-10-25)21-8-6-18(23)14-20(21)24-22(27)15-28-19-7-5-16(2)17(3)13-19/h5-8,13-14H,4,9-12,15H2,1-3H3,(H,24,27)/p+1. The van der Waals surface area contributed by atoms with Gasteiger partial charge in [0.2, 0.25) is 0 Å². The monoisotopic (exact) mass is 402 g/mol. The van der Waals surface area contributed by atoms with E-state index in [1.807, 2.05) is 50.2 Å². The second-order valence-electron chi connectivity index (χ2n) is 7.33. The highest BCUT2D eigenvalue weighted by molar-refractivity contribution is 6.31. The molecule has 0 atom stereocenters. The fourth-order valence-electron chi connectivity index (χ4n) is 3.44. The first-order chi connectivity index (χ1) is 13.5. The van der Waals surface area contributed by atoms with Crippen molar-refractivity contribution in [2.75, 3.05) is 49.5 Å². The average molecular weight is 403 g/mol. The van der Waals surface area contributed by atoms with Crippen LogP contribution >= 0.6 is 11.6 Å². The van der Waals surface area contributed by atoms with Gasteiger partial charge < -0.3 is 19.9 Å². The number of aryl methyl sites for hydroxylation is 2. The Morgan fingerprint density at radius 2 is 1.89 bits per heavy atom. The number of hydrogen-bond donors (Lipinski definition) is 2. The highest BCUT2D eigenvalue weighted by atomic mass is 35.5. The molecule has 1 aliphatic rings. The van der Waals surface area contributed by atoms with Gasteiger partial charge in [0.15, 0.2) is 6.61 Å². The minimum absolute atomic E-state index is 0.0395. The summed E-state index contributed by atoms with van der Waals surface area (Å²) in [5, 5.41) is 3.58. The number of halogens is 1. The van der Waals surface area contributed by atoms with Crippen LogP contribution in [0.15, 0.2) is 36.4 Å². The third-order valence-corrected chi connectivity index (χ3v) is 5.63. The number of piperazine rings is 1. The largest absolute Gasteiger partial charge is 0.484 e. The van der Waals surface area contributed by atoms with Crippen molar-refractivity contribution in [2.24, 2.45) is 0 Å². The van der Waals surface area contributed by atoms with E-state index in [-0.39, 0.29) is 12.5 Å². The Morgan fingerprint density at radius 1 is 1.14 bits per heavy atom. The van der Waals surface area contributed by atoms with Gasteiger partial charge in [0.05, 0.1) is 44.1 Å². The lowest BCUT2D eigenvalue weighted by Crippen LogP contribution is -3.14. The van der Waals surface area contributed by atoms with Crippen LogP contribution in [-0.4, -0.2) is 45.2 Å². The first-order valence-corrected chi connectivity index (χ1v) is 10.2. The van der Waals surface area contributed by atoms with Gasteiger partial charge in [0, 0.05) is 5.02 Å². The van der Waals surface area contributed by atoms with Crippen LogP contribution in [-0.2, 0) is 4.79 Å². The van der Waals surface area contributed by atoms with Gasteiger partial charge in [0.25, 0.3) is 5.91 Å². The minimum atomic E-state index is -0.195. The molecule has 1 fully saturated rings. The molecule has 1 heterocycles. The summed E-state index contributed by atoms with van der Waals surface area (Å²) in [4.78, 5) is 16.4. The van der Waals surface area contributed by atoms with Crippen molar-refractivity contribution in [2.45, 2.75) is 20.8 Å². The number of anilines is 2. The molecule has 0 saturated carbocycles. The Balaban J connectivity index is 1.65. The fraction of sp³-hybridized carbons (Fsp3) is 0.409. The maximum absolute atomic E-state index is 12.5. The van der Waals surface area contributed by atoms with Crippen molar-refractivity contribution in [3.8, 4) is 5.75 Å². The number of nitrogens with one attached hydrogen (secondary N) is 2. The Morgan fingerprint density at radius 3 is 2.57 bits per heavy atom. The zero-order chi connectivity index (χ0) is 20.1. The van der Waals surface area contributed by atoms with Crippen molar-refractivity contribution in [3.05, 3.63) is 52.5 Å². The number of quaternary nitrogens is 1. The van der Waals surface area contributed by atoms with E-state index >= 15 is 0 Å². The van der Waals surface area contributed by atoms with Crippen LogP contribution in [0.3, 0.4) is 0 Å². The van der Waals surface area contributed by atoms with Crippen LogP contribution < -0.4 is 19.9 Å². The van der Waals surface area contributed by atoms with Crippen molar-refractivity contribution in [3.63, 3.8) is 0 Å². The number of carbonyl (C=O) groups is 1. The number of carbonyl (C=O) groups excluding carboxylic acids is 1.